The third-order valence-corrected chi connectivity index (χ3v) is 7.02. The number of benzene rings is 1. The molecule has 4 N–H and O–H groups in total. The van der Waals surface area contributed by atoms with Gasteiger partial charge in [0.05, 0.1) is 40.2 Å². The maximum Gasteiger partial charge on any atom is 0.163 e. The Labute approximate surface area is 184 Å². The Morgan fingerprint density at radius 2 is 1.97 bits per heavy atom. The van der Waals surface area contributed by atoms with Gasteiger partial charge in [-0.05, 0) is 39.3 Å². The van der Waals surface area contributed by atoms with Gasteiger partial charge in [0.2, 0.25) is 0 Å². The highest BCUT2D eigenvalue weighted by Crippen LogP contribution is 2.43. The molecule has 3 heterocycles. The molecule has 2 fully saturated rings. The normalized spacial score (nSPS) is 27.0. The minimum absolute atomic E-state index is 0.00656. The predicted molar refractivity (Wildman–Crippen MR) is 120 cm³/mol. The molecule has 2 aliphatic rings. The summed E-state index contributed by atoms with van der Waals surface area (Å²) in [4.78, 5) is 14.1. The second kappa shape index (κ2) is 7.75. The average molecular weight is 442 g/mol. The van der Waals surface area contributed by atoms with E-state index in [2.05, 4.69) is 16.4 Å². The van der Waals surface area contributed by atoms with E-state index in [-0.39, 0.29) is 37.3 Å². The molecule has 4 atom stereocenters. The smallest absolute Gasteiger partial charge is 0.163 e. The van der Waals surface area contributed by atoms with E-state index in [4.69, 9.17) is 25.2 Å². The fourth-order valence-corrected chi connectivity index (χ4v) is 5.71. The standard InChI is InChI=1S/C22H27N5O3S/c1-11-17(21-26-13-6-4-5-7-15(13)31-21)20(27-16(9-23)24-11)25-14-8-12(10-28)18-19(14)30-22(2,3)29-18/h4-7,12,14,18-19,28H,8-10,23H2,1-3H3,(H,24,25,27)/t12-,14-,18-,19+/m1/s1. The van der Waals surface area contributed by atoms with Crippen LogP contribution in [0.2, 0.25) is 0 Å². The Morgan fingerprint density at radius 1 is 1.19 bits per heavy atom. The van der Waals surface area contributed by atoms with E-state index in [1.807, 2.05) is 39.0 Å². The van der Waals surface area contributed by atoms with Crippen LogP contribution in [0.3, 0.4) is 0 Å². The molecule has 1 aliphatic carbocycles. The molecular formula is C22H27N5O3S. The monoisotopic (exact) mass is 441 g/mol. The summed E-state index contributed by atoms with van der Waals surface area (Å²) in [6.45, 7) is 6.08. The minimum atomic E-state index is -0.678. The van der Waals surface area contributed by atoms with Gasteiger partial charge in [0.25, 0.3) is 0 Å². The number of nitrogens with zero attached hydrogens (tertiary/aromatic N) is 3. The molecule has 2 aromatic heterocycles. The molecule has 1 saturated carbocycles. The van der Waals surface area contributed by atoms with Crippen LogP contribution >= 0.6 is 11.3 Å². The maximum atomic E-state index is 9.89. The average Bonchev–Trinajstić information content (AvgIpc) is 3.38. The number of thiazole rings is 1. The van der Waals surface area contributed by atoms with Gasteiger partial charge < -0.3 is 25.6 Å². The van der Waals surface area contributed by atoms with Crippen LogP contribution in [0, 0.1) is 12.8 Å². The first-order valence-electron chi connectivity index (χ1n) is 10.5. The van der Waals surface area contributed by atoms with Gasteiger partial charge in [0.1, 0.15) is 22.8 Å². The first-order valence-corrected chi connectivity index (χ1v) is 11.4. The number of aliphatic hydroxyl groups excluding tert-OH is 1. The van der Waals surface area contributed by atoms with E-state index in [1.165, 1.54) is 0 Å². The first-order chi connectivity index (χ1) is 14.9. The highest BCUT2D eigenvalue weighted by atomic mass is 32.1. The second-order valence-corrected chi connectivity index (χ2v) is 9.66. The molecular weight excluding hydrogens is 414 g/mol. The number of rotatable bonds is 5. The van der Waals surface area contributed by atoms with Crippen molar-refractivity contribution in [3.63, 3.8) is 0 Å². The summed E-state index contributed by atoms with van der Waals surface area (Å²) in [7, 11) is 0. The highest BCUT2D eigenvalue weighted by Gasteiger charge is 2.54. The largest absolute Gasteiger partial charge is 0.396 e. The van der Waals surface area contributed by atoms with Crippen LogP contribution in [-0.2, 0) is 16.0 Å². The quantitative estimate of drug-likeness (QED) is 0.554. The van der Waals surface area contributed by atoms with Gasteiger partial charge >= 0.3 is 0 Å². The number of aromatic nitrogens is 3. The Balaban J connectivity index is 1.55. The van der Waals surface area contributed by atoms with Crippen LogP contribution in [0.15, 0.2) is 24.3 Å². The topological polar surface area (TPSA) is 115 Å². The molecule has 31 heavy (non-hydrogen) atoms. The third kappa shape index (κ3) is 3.70. The van der Waals surface area contributed by atoms with Gasteiger partial charge in [-0.3, -0.25) is 0 Å². The van der Waals surface area contributed by atoms with Gasteiger partial charge in [-0.1, -0.05) is 12.1 Å². The highest BCUT2D eigenvalue weighted by molar-refractivity contribution is 7.21. The zero-order valence-electron chi connectivity index (χ0n) is 17.8. The molecule has 1 aliphatic heterocycles. The Hall–Kier alpha value is -2.17. The van der Waals surface area contributed by atoms with E-state index in [9.17, 15) is 5.11 Å². The van der Waals surface area contributed by atoms with E-state index in [0.29, 0.717) is 11.6 Å². The molecule has 1 aromatic carbocycles. The third-order valence-electron chi connectivity index (χ3n) is 5.96. The van der Waals surface area contributed by atoms with Crippen LogP contribution in [0.5, 0.6) is 0 Å². The Bertz CT molecular complexity index is 1080. The van der Waals surface area contributed by atoms with Crippen molar-refractivity contribution in [2.45, 2.75) is 57.8 Å². The van der Waals surface area contributed by atoms with Gasteiger partial charge in [-0.2, -0.15) is 0 Å². The van der Waals surface area contributed by atoms with E-state index < -0.39 is 5.79 Å². The van der Waals surface area contributed by atoms with Crippen molar-refractivity contribution in [1.82, 2.24) is 15.0 Å². The number of nitrogens with one attached hydrogen (secondary N) is 1. The fourth-order valence-electron chi connectivity index (χ4n) is 4.64. The SMILES string of the molecule is Cc1nc(CN)nc(N[C@@H]2C[C@H](CO)[C@H]3OC(C)(C)O[C@H]32)c1-c1nc2ccccc2s1. The molecule has 0 spiro atoms. The van der Waals surface area contributed by atoms with Crippen LogP contribution in [0.1, 0.15) is 31.8 Å². The lowest BCUT2D eigenvalue weighted by molar-refractivity contribution is -0.158. The number of aryl methyl sites for hydroxylation is 1. The fraction of sp³-hybridized carbons (Fsp3) is 0.500. The molecule has 1 saturated heterocycles. The van der Waals surface area contributed by atoms with Crippen molar-refractivity contribution in [2.75, 3.05) is 11.9 Å². The number of anilines is 1. The van der Waals surface area contributed by atoms with Crippen molar-refractivity contribution in [1.29, 1.82) is 0 Å². The van der Waals surface area contributed by atoms with E-state index in [0.717, 1.165) is 32.9 Å². The minimum Gasteiger partial charge on any atom is -0.396 e. The molecule has 0 amide bonds. The Morgan fingerprint density at radius 3 is 2.71 bits per heavy atom. The van der Waals surface area contributed by atoms with Crippen molar-refractivity contribution < 1.29 is 14.6 Å². The molecule has 8 nitrogen and oxygen atoms in total. The lowest BCUT2D eigenvalue weighted by Gasteiger charge is -2.24. The summed E-state index contributed by atoms with van der Waals surface area (Å²) in [5.41, 5.74) is 8.52. The predicted octanol–water partition coefficient (Wildman–Crippen LogP) is 2.83. The molecule has 0 radical (unpaired) electrons. The van der Waals surface area contributed by atoms with Gasteiger partial charge in [-0.25, -0.2) is 15.0 Å². The molecule has 9 heteroatoms. The van der Waals surface area contributed by atoms with Crippen LogP contribution < -0.4 is 11.1 Å². The lowest BCUT2D eigenvalue weighted by atomic mass is 10.1. The maximum absolute atomic E-state index is 9.89. The molecule has 164 valence electrons. The summed E-state index contributed by atoms with van der Waals surface area (Å²) < 4.78 is 13.4. The van der Waals surface area contributed by atoms with Gasteiger partial charge in [0, 0.05) is 12.5 Å². The van der Waals surface area contributed by atoms with Crippen molar-refractivity contribution in [2.24, 2.45) is 11.7 Å². The summed E-state index contributed by atoms with van der Waals surface area (Å²) in [5.74, 6) is 0.597. The first kappa shape index (κ1) is 20.7. The number of hydrogen-bond donors (Lipinski definition) is 3. The lowest BCUT2D eigenvalue weighted by Crippen LogP contribution is -2.35. The second-order valence-electron chi connectivity index (χ2n) is 8.63. The zero-order valence-corrected chi connectivity index (χ0v) is 18.6. The number of ether oxygens (including phenoxy) is 2. The number of aliphatic hydroxyl groups is 1. The van der Waals surface area contributed by atoms with E-state index in [1.54, 1.807) is 11.3 Å². The molecule has 3 aromatic rings. The van der Waals surface area contributed by atoms with E-state index >= 15 is 0 Å². The summed E-state index contributed by atoms with van der Waals surface area (Å²) in [6, 6.07) is 8.01. The Kier molecular flexibility index (Phi) is 5.18. The van der Waals surface area contributed by atoms with Crippen molar-refractivity contribution >= 4 is 27.4 Å². The number of para-hydroxylation sites is 1. The molecule has 0 bridgehead atoms. The number of hydrogen-bond acceptors (Lipinski definition) is 9. The molecule has 5 rings (SSSR count). The van der Waals surface area contributed by atoms with Crippen molar-refractivity contribution in [3.05, 3.63) is 35.8 Å². The summed E-state index contributed by atoms with van der Waals surface area (Å²) >= 11 is 1.62. The van der Waals surface area contributed by atoms with Crippen LogP contribution in [-0.4, -0.2) is 50.7 Å². The van der Waals surface area contributed by atoms with Crippen LogP contribution in [0.4, 0.5) is 5.82 Å². The van der Waals surface area contributed by atoms with Crippen molar-refractivity contribution in [3.8, 4) is 10.6 Å². The number of fused-ring (bicyclic) bond motifs is 2. The zero-order chi connectivity index (χ0) is 21.8. The van der Waals surface area contributed by atoms with Gasteiger partial charge in [0.15, 0.2) is 5.79 Å². The van der Waals surface area contributed by atoms with Gasteiger partial charge in [-0.15, -0.1) is 11.3 Å². The number of nitrogens with two attached hydrogens (primary N) is 1. The summed E-state index contributed by atoms with van der Waals surface area (Å²) in [5, 5.41) is 14.3. The summed E-state index contributed by atoms with van der Waals surface area (Å²) in [6.07, 6.45) is 0.398. The van der Waals surface area contributed by atoms with Crippen LogP contribution in [0.25, 0.3) is 20.8 Å². The molecule has 0 unspecified atom stereocenters.